The normalized spacial score (nSPS) is 24.1. The molecule has 0 bridgehead atoms. The van der Waals surface area contributed by atoms with Crippen molar-refractivity contribution in [1.82, 2.24) is 5.32 Å². The van der Waals surface area contributed by atoms with Crippen LogP contribution in [-0.2, 0) is 16.0 Å². The van der Waals surface area contributed by atoms with E-state index in [0.717, 1.165) is 5.56 Å². The maximum atomic E-state index is 11.5. The third-order valence-electron chi connectivity index (χ3n) is 2.93. The Balaban J connectivity index is 2.13. The quantitative estimate of drug-likeness (QED) is 0.785. The van der Waals surface area contributed by atoms with E-state index in [1.54, 1.807) is 0 Å². The Kier molecular flexibility index (Phi) is 2.90. The van der Waals surface area contributed by atoms with Crippen molar-refractivity contribution >= 4 is 11.9 Å². The number of rotatable bonds is 3. The molecule has 4 heteroatoms. The van der Waals surface area contributed by atoms with Crippen LogP contribution < -0.4 is 5.32 Å². The summed E-state index contributed by atoms with van der Waals surface area (Å²) in [5, 5.41) is 11.6. The van der Waals surface area contributed by atoms with Crippen LogP contribution in [0.4, 0.5) is 0 Å². The predicted molar refractivity (Wildman–Crippen MR) is 57.8 cm³/mol. The van der Waals surface area contributed by atoms with Crippen LogP contribution in [0.1, 0.15) is 5.56 Å². The first-order valence-corrected chi connectivity index (χ1v) is 5.23. The average Bonchev–Trinajstić information content (AvgIpc) is 2.62. The highest BCUT2D eigenvalue weighted by molar-refractivity contribution is 5.88. The van der Waals surface area contributed by atoms with E-state index >= 15 is 0 Å². The lowest BCUT2D eigenvalue weighted by Crippen LogP contribution is -2.25. The predicted octanol–water partition coefficient (Wildman–Crippen LogP) is 0.676. The zero-order valence-electron chi connectivity index (χ0n) is 8.72. The minimum Gasteiger partial charge on any atom is -0.481 e. The van der Waals surface area contributed by atoms with Crippen LogP contribution >= 0.6 is 0 Å². The van der Waals surface area contributed by atoms with Crippen molar-refractivity contribution in [2.24, 2.45) is 11.8 Å². The topological polar surface area (TPSA) is 66.4 Å². The minimum atomic E-state index is -0.903. The lowest BCUT2D eigenvalue weighted by molar-refractivity contribution is -0.143. The molecule has 1 amide bonds. The molecule has 0 aliphatic carbocycles. The van der Waals surface area contributed by atoms with Crippen molar-refractivity contribution in [3.05, 3.63) is 35.9 Å². The summed E-state index contributed by atoms with van der Waals surface area (Å²) in [6.07, 6.45) is 0.490. The number of carboxylic acid groups (broad SMARTS) is 1. The highest BCUT2D eigenvalue weighted by Gasteiger charge is 2.39. The van der Waals surface area contributed by atoms with Crippen LogP contribution in [0.3, 0.4) is 0 Å². The van der Waals surface area contributed by atoms with Crippen LogP contribution in [0, 0.1) is 11.8 Å². The molecular formula is C12H13NO3. The van der Waals surface area contributed by atoms with Gasteiger partial charge in [0, 0.05) is 6.54 Å². The van der Waals surface area contributed by atoms with Crippen LogP contribution in [0.2, 0.25) is 0 Å². The van der Waals surface area contributed by atoms with E-state index in [2.05, 4.69) is 5.32 Å². The molecule has 0 saturated carbocycles. The smallest absolute Gasteiger partial charge is 0.309 e. The summed E-state index contributed by atoms with van der Waals surface area (Å²) >= 11 is 0. The number of hydrogen-bond acceptors (Lipinski definition) is 2. The standard InChI is InChI=1S/C12H13NO3/c14-11-9(10(7-13-11)12(15)16)6-8-4-2-1-3-5-8/h1-5,9-10H,6-7H2,(H,13,14)(H,15,16)/t9-,10-/m0/s1. The fourth-order valence-electron chi connectivity index (χ4n) is 2.03. The summed E-state index contributed by atoms with van der Waals surface area (Å²) in [5.74, 6) is -2.11. The molecule has 1 fully saturated rings. The molecule has 16 heavy (non-hydrogen) atoms. The summed E-state index contributed by atoms with van der Waals surface area (Å²) in [4.78, 5) is 22.5. The number of carboxylic acids is 1. The van der Waals surface area contributed by atoms with Gasteiger partial charge in [-0.2, -0.15) is 0 Å². The van der Waals surface area contributed by atoms with Gasteiger partial charge in [0.05, 0.1) is 11.8 Å². The molecule has 1 aliphatic rings. The SMILES string of the molecule is O=C(O)[C@H]1CNC(=O)[C@H]1Cc1ccccc1. The maximum absolute atomic E-state index is 11.5. The van der Waals surface area contributed by atoms with Gasteiger partial charge in [0.15, 0.2) is 0 Å². The van der Waals surface area contributed by atoms with Gasteiger partial charge < -0.3 is 10.4 Å². The molecule has 4 nitrogen and oxygen atoms in total. The third kappa shape index (κ3) is 2.05. The molecule has 1 saturated heterocycles. The van der Waals surface area contributed by atoms with Crippen molar-refractivity contribution in [2.45, 2.75) is 6.42 Å². The number of carbonyl (C=O) groups excluding carboxylic acids is 1. The van der Waals surface area contributed by atoms with Gasteiger partial charge in [-0.3, -0.25) is 9.59 Å². The van der Waals surface area contributed by atoms with E-state index < -0.39 is 17.8 Å². The summed E-state index contributed by atoms with van der Waals surface area (Å²) in [5.41, 5.74) is 0.996. The Morgan fingerprint density at radius 2 is 2.06 bits per heavy atom. The second kappa shape index (κ2) is 4.35. The van der Waals surface area contributed by atoms with E-state index in [0.29, 0.717) is 6.42 Å². The average molecular weight is 219 g/mol. The van der Waals surface area contributed by atoms with Crippen molar-refractivity contribution < 1.29 is 14.7 Å². The summed E-state index contributed by atoms with van der Waals surface area (Å²) < 4.78 is 0. The molecule has 1 aliphatic heterocycles. The van der Waals surface area contributed by atoms with E-state index in [4.69, 9.17) is 5.11 Å². The minimum absolute atomic E-state index is 0.156. The van der Waals surface area contributed by atoms with Gasteiger partial charge in [0.1, 0.15) is 0 Å². The summed E-state index contributed by atoms with van der Waals surface area (Å²) in [6.45, 7) is 0.242. The Morgan fingerprint density at radius 3 is 2.69 bits per heavy atom. The molecule has 2 atom stereocenters. The molecule has 1 aromatic carbocycles. The van der Waals surface area contributed by atoms with Gasteiger partial charge in [-0.15, -0.1) is 0 Å². The molecule has 2 N–H and O–H groups in total. The maximum Gasteiger partial charge on any atom is 0.309 e. The number of benzene rings is 1. The molecular weight excluding hydrogens is 206 g/mol. The largest absolute Gasteiger partial charge is 0.481 e. The van der Waals surface area contributed by atoms with Crippen LogP contribution in [0.15, 0.2) is 30.3 Å². The van der Waals surface area contributed by atoms with Crippen LogP contribution in [-0.4, -0.2) is 23.5 Å². The van der Waals surface area contributed by atoms with E-state index in [1.807, 2.05) is 30.3 Å². The van der Waals surface area contributed by atoms with Crippen molar-refractivity contribution in [2.75, 3.05) is 6.54 Å². The van der Waals surface area contributed by atoms with Crippen LogP contribution in [0.5, 0.6) is 0 Å². The highest BCUT2D eigenvalue weighted by atomic mass is 16.4. The van der Waals surface area contributed by atoms with Crippen molar-refractivity contribution in [3.63, 3.8) is 0 Å². The first kappa shape index (κ1) is 10.7. The van der Waals surface area contributed by atoms with Gasteiger partial charge in [-0.25, -0.2) is 0 Å². The lowest BCUT2D eigenvalue weighted by atomic mass is 9.89. The molecule has 0 spiro atoms. The number of amides is 1. The van der Waals surface area contributed by atoms with E-state index in [9.17, 15) is 9.59 Å². The van der Waals surface area contributed by atoms with Crippen molar-refractivity contribution in [3.8, 4) is 0 Å². The number of hydrogen-bond donors (Lipinski definition) is 2. The number of nitrogens with one attached hydrogen (secondary N) is 1. The first-order valence-electron chi connectivity index (χ1n) is 5.23. The fraction of sp³-hybridized carbons (Fsp3) is 0.333. The summed E-state index contributed by atoms with van der Waals surface area (Å²) in [6, 6.07) is 9.48. The molecule has 1 aromatic rings. The van der Waals surface area contributed by atoms with Gasteiger partial charge in [-0.1, -0.05) is 30.3 Å². The third-order valence-corrected chi connectivity index (χ3v) is 2.93. The first-order chi connectivity index (χ1) is 7.68. The summed E-state index contributed by atoms with van der Waals surface area (Å²) in [7, 11) is 0. The Morgan fingerprint density at radius 1 is 1.38 bits per heavy atom. The zero-order valence-corrected chi connectivity index (χ0v) is 8.72. The van der Waals surface area contributed by atoms with Gasteiger partial charge in [-0.05, 0) is 12.0 Å². The van der Waals surface area contributed by atoms with E-state index in [1.165, 1.54) is 0 Å². The highest BCUT2D eigenvalue weighted by Crippen LogP contribution is 2.22. The number of aliphatic carboxylic acids is 1. The molecule has 1 heterocycles. The Bertz CT molecular complexity index is 402. The fourth-order valence-corrected chi connectivity index (χ4v) is 2.03. The molecule has 2 rings (SSSR count). The van der Waals surface area contributed by atoms with Gasteiger partial charge >= 0.3 is 5.97 Å². The molecule has 0 unspecified atom stereocenters. The van der Waals surface area contributed by atoms with Gasteiger partial charge in [0.2, 0.25) is 5.91 Å². The zero-order chi connectivity index (χ0) is 11.5. The van der Waals surface area contributed by atoms with E-state index in [-0.39, 0.29) is 12.5 Å². The number of carbonyl (C=O) groups is 2. The second-order valence-corrected chi connectivity index (χ2v) is 3.99. The lowest BCUT2D eigenvalue weighted by Gasteiger charge is -2.12. The molecule has 0 radical (unpaired) electrons. The van der Waals surface area contributed by atoms with Crippen molar-refractivity contribution in [1.29, 1.82) is 0 Å². The Labute approximate surface area is 93.3 Å². The monoisotopic (exact) mass is 219 g/mol. The molecule has 84 valence electrons. The second-order valence-electron chi connectivity index (χ2n) is 3.99. The molecule has 0 aromatic heterocycles. The Hall–Kier alpha value is -1.84. The van der Waals surface area contributed by atoms with Gasteiger partial charge in [0.25, 0.3) is 0 Å². The van der Waals surface area contributed by atoms with Crippen LogP contribution in [0.25, 0.3) is 0 Å².